The molecule has 4 aliphatic heterocycles. The molecule has 2 bridgehead atoms. The van der Waals surface area contributed by atoms with Gasteiger partial charge in [-0.25, -0.2) is 14.6 Å². The van der Waals surface area contributed by atoms with Gasteiger partial charge in [0.1, 0.15) is 0 Å². The van der Waals surface area contributed by atoms with Crippen LogP contribution in [0.4, 0.5) is 0 Å². The highest BCUT2D eigenvalue weighted by atomic mass is 17.3. The van der Waals surface area contributed by atoms with E-state index in [0.717, 1.165) is 19.3 Å². The molecule has 6 rings (SSSR count). The molecular weight excluding hydrogens is 348 g/mol. The molecule has 4 saturated heterocycles. The van der Waals surface area contributed by atoms with E-state index in [4.69, 9.17) is 24.0 Å². The Morgan fingerprint density at radius 2 is 1.89 bits per heavy atom. The average molecular weight is 374 g/mol. The van der Waals surface area contributed by atoms with Crippen LogP contribution in [0.2, 0.25) is 0 Å². The average Bonchev–Trinajstić information content (AvgIpc) is 2.67. The largest absolute Gasteiger partial charge is 0.432 e. The monoisotopic (exact) mass is 374 g/mol. The van der Waals surface area contributed by atoms with Crippen LogP contribution < -0.4 is 0 Å². The quantitative estimate of drug-likeness (QED) is 0.581. The molecule has 1 aromatic carbocycles. The van der Waals surface area contributed by atoms with Gasteiger partial charge < -0.3 is 14.2 Å². The maximum absolute atomic E-state index is 12.6. The van der Waals surface area contributed by atoms with Crippen LogP contribution in [0.5, 0.6) is 0 Å². The van der Waals surface area contributed by atoms with E-state index in [1.165, 1.54) is 0 Å². The molecule has 4 unspecified atom stereocenters. The van der Waals surface area contributed by atoms with Crippen molar-refractivity contribution in [2.45, 2.75) is 64.0 Å². The number of carbonyl (C=O) groups excluding carboxylic acids is 1. The second-order valence-electron chi connectivity index (χ2n) is 8.71. The van der Waals surface area contributed by atoms with Crippen LogP contribution in [0.3, 0.4) is 0 Å². The molecule has 0 amide bonds. The molecule has 5 fully saturated rings. The third-order valence-corrected chi connectivity index (χ3v) is 7.01. The number of fused-ring (bicyclic) bond motifs is 1. The van der Waals surface area contributed by atoms with Crippen LogP contribution in [0.1, 0.15) is 50.4 Å². The van der Waals surface area contributed by atoms with Gasteiger partial charge in [0.15, 0.2) is 11.9 Å². The van der Waals surface area contributed by atoms with Crippen molar-refractivity contribution in [3.63, 3.8) is 0 Å². The molecule has 6 heteroatoms. The minimum absolute atomic E-state index is 0.0152. The molecule has 8 atom stereocenters. The van der Waals surface area contributed by atoms with Crippen molar-refractivity contribution in [3.05, 3.63) is 35.9 Å². The Balaban J connectivity index is 1.44. The van der Waals surface area contributed by atoms with E-state index in [0.29, 0.717) is 17.4 Å². The van der Waals surface area contributed by atoms with Crippen LogP contribution in [0.25, 0.3) is 0 Å². The van der Waals surface area contributed by atoms with E-state index in [1.54, 1.807) is 12.1 Å². The fraction of sp³-hybridized carbons (Fsp3) is 0.667. The number of hydrogen-bond donors (Lipinski definition) is 0. The highest BCUT2D eigenvalue weighted by molar-refractivity contribution is 5.89. The van der Waals surface area contributed by atoms with Crippen LogP contribution in [-0.4, -0.2) is 29.9 Å². The van der Waals surface area contributed by atoms with Gasteiger partial charge >= 0.3 is 5.97 Å². The summed E-state index contributed by atoms with van der Waals surface area (Å²) in [6, 6.07) is 8.99. The van der Waals surface area contributed by atoms with Crippen LogP contribution in [-0.2, 0) is 24.0 Å². The first-order valence-electron chi connectivity index (χ1n) is 9.89. The minimum Gasteiger partial charge on any atom is -0.432 e. The van der Waals surface area contributed by atoms with E-state index < -0.39 is 24.0 Å². The Kier molecular flexibility index (Phi) is 3.92. The van der Waals surface area contributed by atoms with Crippen molar-refractivity contribution in [3.8, 4) is 0 Å². The van der Waals surface area contributed by atoms with E-state index in [1.807, 2.05) is 25.1 Å². The second-order valence-corrected chi connectivity index (χ2v) is 8.71. The molecule has 0 N–H and O–H groups in total. The highest BCUT2D eigenvalue weighted by Gasteiger charge is 2.72. The molecule has 27 heavy (non-hydrogen) atoms. The molecule has 1 aliphatic carbocycles. The molecule has 0 aromatic heterocycles. The maximum atomic E-state index is 12.6. The molecule has 146 valence electrons. The van der Waals surface area contributed by atoms with Crippen molar-refractivity contribution in [2.24, 2.45) is 23.7 Å². The smallest absolute Gasteiger partial charge is 0.340 e. The molecule has 1 saturated carbocycles. The lowest BCUT2D eigenvalue weighted by Crippen LogP contribution is -2.76. The third-order valence-electron chi connectivity index (χ3n) is 7.01. The fourth-order valence-corrected chi connectivity index (χ4v) is 5.57. The molecule has 6 nitrogen and oxygen atoms in total. The fourth-order valence-electron chi connectivity index (χ4n) is 5.57. The van der Waals surface area contributed by atoms with Crippen molar-refractivity contribution in [1.82, 2.24) is 0 Å². The zero-order chi connectivity index (χ0) is 18.8. The maximum Gasteiger partial charge on any atom is 0.340 e. The molecule has 0 radical (unpaired) electrons. The lowest BCUT2D eigenvalue weighted by Gasteiger charge is -2.66. The number of hydrogen-bond acceptors (Lipinski definition) is 6. The molecule has 1 spiro atoms. The van der Waals surface area contributed by atoms with Crippen molar-refractivity contribution in [2.75, 3.05) is 0 Å². The normalized spacial score (nSPS) is 48.0. The van der Waals surface area contributed by atoms with Gasteiger partial charge in [-0.15, -0.1) is 0 Å². The van der Waals surface area contributed by atoms with Gasteiger partial charge in [0.05, 0.1) is 5.56 Å². The van der Waals surface area contributed by atoms with E-state index in [2.05, 4.69) is 13.8 Å². The zero-order valence-corrected chi connectivity index (χ0v) is 15.9. The second kappa shape index (κ2) is 6.01. The van der Waals surface area contributed by atoms with Crippen molar-refractivity contribution in [1.29, 1.82) is 0 Å². The van der Waals surface area contributed by atoms with E-state index in [9.17, 15) is 4.79 Å². The van der Waals surface area contributed by atoms with Crippen LogP contribution in [0, 0.1) is 23.7 Å². The summed E-state index contributed by atoms with van der Waals surface area (Å²) < 4.78 is 18.1. The van der Waals surface area contributed by atoms with Gasteiger partial charge in [-0.2, -0.15) is 0 Å². The topological polar surface area (TPSA) is 63.2 Å². The van der Waals surface area contributed by atoms with Gasteiger partial charge in [-0.05, 0) is 37.8 Å². The highest BCUT2D eigenvalue weighted by Crippen LogP contribution is 2.62. The first-order valence-corrected chi connectivity index (χ1v) is 9.89. The number of benzene rings is 1. The number of esters is 1. The summed E-state index contributed by atoms with van der Waals surface area (Å²) in [5, 5.41) is 0. The lowest BCUT2D eigenvalue weighted by atomic mass is 9.56. The Bertz CT molecular complexity index is 737. The SMILES string of the molecule is C[C@H]1C(OC(=O)c2ccccc2)O[C@@H]2OC3(C)CC4[C@H](C)CCC1[C@]42OO3. The molecule has 1 aromatic rings. The van der Waals surface area contributed by atoms with E-state index in [-0.39, 0.29) is 17.8 Å². The van der Waals surface area contributed by atoms with Gasteiger partial charge in [0, 0.05) is 24.2 Å². The molecular formula is C21H26O6. The summed E-state index contributed by atoms with van der Waals surface area (Å²) >= 11 is 0. The van der Waals surface area contributed by atoms with Crippen LogP contribution in [0.15, 0.2) is 30.3 Å². The first-order chi connectivity index (χ1) is 12.9. The Morgan fingerprint density at radius 3 is 2.67 bits per heavy atom. The van der Waals surface area contributed by atoms with Gasteiger partial charge in [-0.3, -0.25) is 0 Å². The summed E-state index contributed by atoms with van der Waals surface area (Å²) in [5.74, 6) is -0.248. The van der Waals surface area contributed by atoms with Crippen molar-refractivity contribution < 1.29 is 28.8 Å². The van der Waals surface area contributed by atoms with Gasteiger partial charge in [-0.1, -0.05) is 32.0 Å². The Labute approximate surface area is 159 Å². The minimum atomic E-state index is -0.818. The lowest BCUT2D eigenvalue weighted by molar-refractivity contribution is -0.614. The third kappa shape index (κ3) is 2.50. The molecule has 4 heterocycles. The Hall–Kier alpha value is -1.47. The number of rotatable bonds is 2. The predicted molar refractivity (Wildman–Crippen MR) is 94.1 cm³/mol. The van der Waals surface area contributed by atoms with E-state index >= 15 is 0 Å². The van der Waals surface area contributed by atoms with Gasteiger partial charge in [0.25, 0.3) is 0 Å². The predicted octanol–water partition coefficient (Wildman–Crippen LogP) is 3.66. The summed E-state index contributed by atoms with van der Waals surface area (Å²) in [5.41, 5.74) is -0.105. The molecule has 5 aliphatic rings. The zero-order valence-electron chi connectivity index (χ0n) is 15.9. The first kappa shape index (κ1) is 17.6. The number of ether oxygens (including phenoxy) is 3. The summed E-state index contributed by atoms with van der Waals surface area (Å²) in [4.78, 5) is 24.2. The van der Waals surface area contributed by atoms with Crippen LogP contribution >= 0.6 is 0 Å². The van der Waals surface area contributed by atoms with Crippen molar-refractivity contribution >= 4 is 5.97 Å². The standard InChI is InChI=1S/C21H26O6/c1-12-9-10-15-13(2)18(23-17(22)14-7-5-4-6-8-14)24-19-21(15)16(12)11-20(3,25-19)26-27-21/h4-8,12-13,15-16,18-19H,9-11H2,1-3H3/t12-,13-,15?,16?,18?,19-,20?,21+/m1/s1. The summed E-state index contributed by atoms with van der Waals surface area (Å²) in [6.07, 6.45) is 1.63. The summed E-state index contributed by atoms with van der Waals surface area (Å²) in [6.45, 7) is 6.22. The van der Waals surface area contributed by atoms with Gasteiger partial charge in [0.2, 0.25) is 12.1 Å². The number of carbonyl (C=O) groups is 1. The Morgan fingerprint density at radius 1 is 1.11 bits per heavy atom. The summed E-state index contributed by atoms with van der Waals surface area (Å²) in [7, 11) is 0.